The van der Waals surface area contributed by atoms with Gasteiger partial charge in [0.05, 0.1) is 11.3 Å². The highest BCUT2D eigenvalue weighted by molar-refractivity contribution is 6.08. The van der Waals surface area contributed by atoms with Crippen molar-refractivity contribution in [2.45, 2.75) is 6.92 Å². The number of para-hydroxylation sites is 1. The first-order valence-corrected chi connectivity index (χ1v) is 8.87. The number of halogens is 1. The maximum absolute atomic E-state index is 12.9. The molecule has 146 valence electrons. The molecule has 0 spiro atoms. The Morgan fingerprint density at radius 3 is 2.34 bits per heavy atom. The summed E-state index contributed by atoms with van der Waals surface area (Å²) in [7, 11) is 0. The van der Waals surface area contributed by atoms with E-state index < -0.39 is 24.2 Å². The van der Waals surface area contributed by atoms with Crippen molar-refractivity contribution in [2.24, 2.45) is 0 Å². The minimum atomic E-state index is -0.749. The van der Waals surface area contributed by atoms with Crippen molar-refractivity contribution >= 4 is 23.3 Å². The first-order chi connectivity index (χ1) is 13.9. The molecule has 0 aromatic heterocycles. The Balaban J connectivity index is 1.69. The van der Waals surface area contributed by atoms with Crippen LogP contribution in [0.5, 0.6) is 0 Å². The fourth-order valence-corrected chi connectivity index (χ4v) is 2.68. The number of esters is 1. The van der Waals surface area contributed by atoms with Gasteiger partial charge in [-0.15, -0.1) is 0 Å². The van der Waals surface area contributed by atoms with Gasteiger partial charge in [-0.25, -0.2) is 9.18 Å². The second-order valence-electron chi connectivity index (χ2n) is 6.38. The van der Waals surface area contributed by atoms with E-state index in [1.165, 1.54) is 18.2 Å². The molecule has 0 atom stereocenters. The second kappa shape index (κ2) is 8.93. The van der Waals surface area contributed by atoms with Gasteiger partial charge in [0.2, 0.25) is 0 Å². The van der Waals surface area contributed by atoms with E-state index in [4.69, 9.17) is 4.74 Å². The van der Waals surface area contributed by atoms with Crippen molar-refractivity contribution in [1.29, 1.82) is 0 Å². The number of rotatable bonds is 6. The molecule has 5 nitrogen and oxygen atoms in total. The van der Waals surface area contributed by atoms with Crippen molar-refractivity contribution in [1.82, 2.24) is 0 Å². The fourth-order valence-electron chi connectivity index (χ4n) is 2.68. The average Bonchev–Trinajstić information content (AvgIpc) is 2.72. The predicted molar refractivity (Wildman–Crippen MR) is 107 cm³/mol. The highest BCUT2D eigenvalue weighted by Crippen LogP contribution is 2.18. The van der Waals surface area contributed by atoms with Gasteiger partial charge < -0.3 is 10.1 Å². The third kappa shape index (κ3) is 5.13. The molecular weight excluding hydrogens is 373 g/mol. The number of hydrogen-bond acceptors (Lipinski definition) is 4. The summed E-state index contributed by atoms with van der Waals surface area (Å²) in [5.41, 5.74) is 2.03. The normalized spacial score (nSPS) is 10.3. The minimum absolute atomic E-state index is 0.125. The number of ketones is 1. The van der Waals surface area contributed by atoms with E-state index >= 15 is 0 Å². The molecule has 0 saturated heterocycles. The van der Waals surface area contributed by atoms with Crippen LogP contribution in [0.2, 0.25) is 0 Å². The van der Waals surface area contributed by atoms with Gasteiger partial charge >= 0.3 is 5.97 Å². The standard InChI is InChI=1S/C23H18FNO4/c1-15-5-4-6-17(13-15)22(27)25-20-8-3-2-7-19(20)23(28)29-14-21(26)16-9-11-18(24)12-10-16/h2-13H,14H2,1H3,(H,25,27). The first-order valence-electron chi connectivity index (χ1n) is 8.87. The molecule has 0 aliphatic heterocycles. The number of carbonyl (C=O) groups excluding carboxylic acids is 3. The molecule has 0 aliphatic rings. The third-order valence-electron chi connectivity index (χ3n) is 4.18. The number of aryl methyl sites for hydroxylation is 1. The summed E-state index contributed by atoms with van der Waals surface area (Å²) in [6.07, 6.45) is 0. The van der Waals surface area contributed by atoms with E-state index in [0.717, 1.165) is 17.7 Å². The maximum atomic E-state index is 12.9. The lowest BCUT2D eigenvalue weighted by molar-refractivity contribution is 0.0475. The predicted octanol–water partition coefficient (Wildman–Crippen LogP) is 4.43. The van der Waals surface area contributed by atoms with Gasteiger partial charge in [0.15, 0.2) is 12.4 Å². The topological polar surface area (TPSA) is 72.5 Å². The molecule has 1 amide bonds. The van der Waals surface area contributed by atoms with Gasteiger partial charge in [-0.2, -0.15) is 0 Å². The summed E-state index contributed by atoms with van der Waals surface area (Å²) in [6.45, 7) is 1.38. The van der Waals surface area contributed by atoms with Crippen LogP contribution in [-0.4, -0.2) is 24.3 Å². The molecule has 3 rings (SSSR count). The summed E-state index contributed by atoms with van der Waals surface area (Å²) in [6, 6.07) is 18.4. The molecule has 0 heterocycles. The van der Waals surface area contributed by atoms with Crippen LogP contribution in [0.15, 0.2) is 72.8 Å². The number of hydrogen-bond donors (Lipinski definition) is 1. The number of Topliss-reactive ketones (excluding diaryl/α,β-unsaturated/α-hetero) is 1. The first kappa shape index (κ1) is 19.9. The Bertz CT molecular complexity index is 1060. The number of anilines is 1. The van der Waals surface area contributed by atoms with Crippen molar-refractivity contribution in [3.05, 3.63) is 101 Å². The summed E-state index contributed by atoms with van der Waals surface area (Å²) < 4.78 is 18.0. The second-order valence-corrected chi connectivity index (χ2v) is 6.38. The van der Waals surface area contributed by atoms with Crippen LogP contribution in [0.25, 0.3) is 0 Å². The zero-order chi connectivity index (χ0) is 20.8. The van der Waals surface area contributed by atoms with Crippen LogP contribution in [0.1, 0.15) is 36.6 Å². The number of amides is 1. The molecule has 1 N–H and O–H groups in total. The summed E-state index contributed by atoms with van der Waals surface area (Å²) in [5, 5.41) is 2.69. The molecule has 0 bridgehead atoms. The van der Waals surface area contributed by atoms with Gasteiger partial charge in [0.25, 0.3) is 5.91 Å². The van der Waals surface area contributed by atoms with Crippen LogP contribution in [0, 0.1) is 12.7 Å². The van der Waals surface area contributed by atoms with E-state index in [2.05, 4.69) is 5.32 Å². The molecule has 0 saturated carbocycles. The van der Waals surface area contributed by atoms with Crippen molar-refractivity contribution in [3.8, 4) is 0 Å². The van der Waals surface area contributed by atoms with Gasteiger partial charge in [-0.05, 0) is 55.5 Å². The Morgan fingerprint density at radius 1 is 0.897 bits per heavy atom. The monoisotopic (exact) mass is 391 g/mol. The summed E-state index contributed by atoms with van der Waals surface area (Å²) in [5.74, 6) is -2.03. The minimum Gasteiger partial charge on any atom is -0.454 e. The fraction of sp³-hybridized carbons (Fsp3) is 0.0870. The van der Waals surface area contributed by atoms with Crippen LogP contribution < -0.4 is 5.32 Å². The van der Waals surface area contributed by atoms with Crippen LogP contribution in [-0.2, 0) is 4.74 Å². The smallest absolute Gasteiger partial charge is 0.340 e. The molecule has 3 aromatic rings. The van der Waals surface area contributed by atoms with Crippen LogP contribution in [0.4, 0.5) is 10.1 Å². The molecule has 0 aliphatic carbocycles. The van der Waals surface area contributed by atoms with Crippen molar-refractivity contribution in [2.75, 3.05) is 11.9 Å². The highest BCUT2D eigenvalue weighted by Gasteiger charge is 2.17. The Labute approximate surface area is 167 Å². The van der Waals surface area contributed by atoms with Crippen LogP contribution in [0.3, 0.4) is 0 Å². The van der Waals surface area contributed by atoms with Gasteiger partial charge in [0.1, 0.15) is 5.82 Å². The van der Waals surface area contributed by atoms with Gasteiger partial charge in [0, 0.05) is 11.1 Å². The molecule has 0 radical (unpaired) electrons. The zero-order valence-electron chi connectivity index (χ0n) is 15.6. The lowest BCUT2D eigenvalue weighted by Crippen LogP contribution is -2.18. The number of nitrogens with one attached hydrogen (secondary N) is 1. The van der Waals surface area contributed by atoms with E-state index in [1.807, 2.05) is 13.0 Å². The maximum Gasteiger partial charge on any atom is 0.340 e. The number of ether oxygens (including phenoxy) is 1. The molecule has 0 unspecified atom stereocenters. The SMILES string of the molecule is Cc1cccc(C(=O)Nc2ccccc2C(=O)OCC(=O)c2ccc(F)cc2)c1. The highest BCUT2D eigenvalue weighted by atomic mass is 19.1. The van der Waals surface area contributed by atoms with Crippen molar-refractivity contribution < 1.29 is 23.5 Å². The Kier molecular flexibility index (Phi) is 6.14. The van der Waals surface area contributed by atoms with E-state index in [0.29, 0.717) is 5.56 Å². The zero-order valence-corrected chi connectivity index (χ0v) is 15.6. The van der Waals surface area contributed by atoms with Crippen molar-refractivity contribution in [3.63, 3.8) is 0 Å². The number of carbonyl (C=O) groups is 3. The van der Waals surface area contributed by atoms with E-state index in [9.17, 15) is 18.8 Å². The lowest BCUT2D eigenvalue weighted by Gasteiger charge is -2.11. The third-order valence-corrected chi connectivity index (χ3v) is 4.18. The molecule has 6 heteroatoms. The van der Waals surface area contributed by atoms with E-state index in [-0.39, 0.29) is 22.7 Å². The van der Waals surface area contributed by atoms with E-state index in [1.54, 1.807) is 36.4 Å². The molecule has 0 fully saturated rings. The van der Waals surface area contributed by atoms with Crippen LogP contribution >= 0.6 is 0 Å². The summed E-state index contributed by atoms with van der Waals surface area (Å²) in [4.78, 5) is 37.0. The Morgan fingerprint density at radius 2 is 1.62 bits per heavy atom. The Hall–Kier alpha value is -3.80. The van der Waals surface area contributed by atoms with Gasteiger partial charge in [-0.3, -0.25) is 9.59 Å². The lowest BCUT2D eigenvalue weighted by atomic mass is 10.1. The largest absolute Gasteiger partial charge is 0.454 e. The quantitative estimate of drug-likeness (QED) is 0.499. The molecular formula is C23H18FNO4. The molecule has 3 aromatic carbocycles. The summed E-state index contributed by atoms with van der Waals surface area (Å²) >= 11 is 0. The average molecular weight is 391 g/mol. The molecule has 29 heavy (non-hydrogen) atoms. The van der Waals surface area contributed by atoms with Gasteiger partial charge in [-0.1, -0.05) is 29.8 Å². The number of benzene rings is 3.